The third-order valence-electron chi connectivity index (χ3n) is 6.28. The summed E-state index contributed by atoms with van der Waals surface area (Å²) in [7, 11) is 1.60. The van der Waals surface area contributed by atoms with Gasteiger partial charge >= 0.3 is 0 Å². The molecule has 2 aromatic carbocycles. The number of aliphatic imine (C=N–C) groups is 1. The summed E-state index contributed by atoms with van der Waals surface area (Å²) in [5.74, 6) is -0.0474. The van der Waals surface area contributed by atoms with Gasteiger partial charge in [0.05, 0.1) is 18.2 Å². The molecule has 8 heteroatoms. The summed E-state index contributed by atoms with van der Waals surface area (Å²) in [6, 6.07) is 11.5. The van der Waals surface area contributed by atoms with E-state index in [1.807, 2.05) is 6.07 Å². The van der Waals surface area contributed by atoms with Gasteiger partial charge in [0.1, 0.15) is 17.2 Å². The van der Waals surface area contributed by atoms with Crippen LogP contribution in [0.5, 0.6) is 5.75 Å². The second-order valence-corrected chi connectivity index (χ2v) is 8.36. The highest BCUT2D eigenvalue weighted by Crippen LogP contribution is 2.51. The van der Waals surface area contributed by atoms with E-state index in [9.17, 15) is 14.4 Å². The largest absolute Gasteiger partial charge is 0.484 e. The smallest absolute Gasteiger partial charge is 0.261 e. The van der Waals surface area contributed by atoms with Gasteiger partial charge in [0.15, 0.2) is 11.5 Å². The molecule has 5 rings (SSSR count). The molecule has 2 aromatic rings. The van der Waals surface area contributed by atoms with E-state index in [2.05, 4.69) is 4.99 Å². The maximum Gasteiger partial charge on any atom is 0.261 e. The summed E-state index contributed by atoms with van der Waals surface area (Å²) in [6.07, 6.45) is 1.89. The van der Waals surface area contributed by atoms with Crippen LogP contribution in [0.4, 0.5) is 4.39 Å². The van der Waals surface area contributed by atoms with E-state index in [4.69, 9.17) is 15.2 Å². The first-order valence-electron chi connectivity index (χ1n) is 10.1. The van der Waals surface area contributed by atoms with Crippen molar-refractivity contribution in [2.45, 2.75) is 30.4 Å². The van der Waals surface area contributed by atoms with E-state index >= 15 is 0 Å². The van der Waals surface area contributed by atoms with E-state index in [1.54, 1.807) is 31.3 Å². The lowest BCUT2D eigenvalue weighted by Crippen LogP contribution is -2.55. The Labute approximate surface area is 178 Å². The zero-order valence-corrected chi connectivity index (χ0v) is 17.0. The van der Waals surface area contributed by atoms with Gasteiger partial charge in [-0.25, -0.2) is 9.38 Å². The molecule has 0 unspecified atom stereocenters. The number of hydrogen-bond donors (Lipinski definition) is 1. The van der Waals surface area contributed by atoms with Gasteiger partial charge in [-0.15, -0.1) is 0 Å². The number of likely N-dealkylation sites (N-methyl/N-ethyl adjacent to an activating group) is 1. The van der Waals surface area contributed by atoms with Gasteiger partial charge in [0, 0.05) is 25.6 Å². The fourth-order valence-electron chi connectivity index (χ4n) is 4.81. The predicted octanol–water partition coefficient (Wildman–Crippen LogP) is 2.68. The molecule has 7 nitrogen and oxygen atoms in total. The molecule has 0 aliphatic carbocycles. The molecule has 0 bridgehead atoms. The predicted molar refractivity (Wildman–Crippen MR) is 111 cm³/mol. The van der Waals surface area contributed by atoms with Crippen molar-refractivity contribution in [3.8, 4) is 22.9 Å². The lowest BCUT2D eigenvalue weighted by molar-refractivity contribution is -0.139. The second-order valence-electron chi connectivity index (χ2n) is 8.36. The lowest BCUT2D eigenvalue weighted by Gasteiger charge is -2.46. The van der Waals surface area contributed by atoms with Crippen LogP contribution in [0.15, 0.2) is 41.4 Å². The molecule has 0 aromatic heterocycles. The third-order valence-corrected chi connectivity index (χ3v) is 6.28. The van der Waals surface area contributed by atoms with Gasteiger partial charge in [-0.1, -0.05) is 6.07 Å². The minimum atomic E-state index is -1.23. The number of amides is 1. The molecule has 3 aliphatic heterocycles. The Kier molecular flexibility index (Phi) is 4.27. The first-order chi connectivity index (χ1) is 14.9. The normalized spacial score (nSPS) is 27.1. The van der Waals surface area contributed by atoms with Crippen LogP contribution in [-0.4, -0.2) is 42.6 Å². The summed E-state index contributed by atoms with van der Waals surface area (Å²) >= 11 is 0. The number of carbonyl (C=O) groups is 1. The first kappa shape index (κ1) is 19.5. The fourth-order valence-corrected chi connectivity index (χ4v) is 4.81. The molecule has 0 saturated carbocycles. The van der Waals surface area contributed by atoms with Crippen molar-refractivity contribution >= 4 is 11.9 Å². The van der Waals surface area contributed by atoms with E-state index in [-0.39, 0.29) is 17.4 Å². The van der Waals surface area contributed by atoms with E-state index in [0.29, 0.717) is 42.1 Å². The molecular weight excluding hydrogens is 399 g/mol. The third kappa shape index (κ3) is 2.96. The number of hydrogen-bond acceptors (Lipinski definition) is 6. The van der Waals surface area contributed by atoms with E-state index < -0.39 is 17.0 Å². The molecule has 3 heterocycles. The lowest BCUT2D eigenvalue weighted by atomic mass is 9.74. The van der Waals surface area contributed by atoms with Crippen LogP contribution in [0.25, 0.3) is 11.1 Å². The Balaban J connectivity index is 1.69. The van der Waals surface area contributed by atoms with Crippen molar-refractivity contribution in [3.05, 3.63) is 53.3 Å². The number of nitrogens with two attached hydrogens (primary N) is 1. The highest BCUT2D eigenvalue weighted by atomic mass is 19.1. The van der Waals surface area contributed by atoms with Crippen LogP contribution >= 0.6 is 0 Å². The molecule has 158 valence electrons. The molecule has 2 spiro atoms. The van der Waals surface area contributed by atoms with Crippen LogP contribution in [0.2, 0.25) is 0 Å². The summed E-state index contributed by atoms with van der Waals surface area (Å²) < 4.78 is 26.1. The van der Waals surface area contributed by atoms with Gasteiger partial charge in [0.25, 0.3) is 5.91 Å². The maximum atomic E-state index is 14.0. The number of nitriles is 1. The fraction of sp³-hybridized carbons (Fsp3) is 0.348. The van der Waals surface area contributed by atoms with Crippen molar-refractivity contribution in [1.82, 2.24) is 4.90 Å². The number of fused-ring (bicyclic) bond motifs is 2. The average Bonchev–Trinajstić information content (AvgIpc) is 2.97. The minimum absolute atomic E-state index is 0.146. The van der Waals surface area contributed by atoms with Crippen molar-refractivity contribution in [2.24, 2.45) is 10.7 Å². The number of halogens is 1. The van der Waals surface area contributed by atoms with Crippen molar-refractivity contribution in [2.75, 3.05) is 20.3 Å². The summed E-state index contributed by atoms with van der Waals surface area (Å²) in [5.41, 5.74) is 6.16. The Morgan fingerprint density at radius 1 is 1.26 bits per heavy atom. The standard InChI is InChI=1S/C23H21FN4O3/c1-28-20(29)23(27-21(28)26)12-22(5-2-6-30-13-22)31-19-4-3-15(10-18(19)23)16-7-14(11-25)8-17(24)9-16/h3-4,7-10H,2,5-6,12-13H2,1H3,(H2,26,27)/t22-,23+/m1/s1. The molecule has 1 saturated heterocycles. The first-order valence-corrected chi connectivity index (χ1v) is 10.1. The molecule has 2 atom stereocenters. The zero-order valence-electron chi connectivity index (χ0n) is 17.0. The Hall–Kier alpha value is -3.44. The molecule has 0 radical (unpaired) electrons. The Morgan fingerprint density at radius 3 is 2.77 bits per heavy atom. The number of benzene rings is 2. The topological polar surface area (TPSA) is 101 Å². The molecular formula is C23H21FN4O3. The molecule has 1 amide bonds. The van der Waals surface area contributed by atoms with Gasteiger partial charge in [-0.05, 0) is 54.3 Å². The number of guanidine groups is 1. The molecule has 2 N–H and O–H groups in total. The summed E-state index contributed by atoms with van der Waals surface area (Å²) in [4.78, 5) is 19.4. The quantitative estimate of drug-likeness (QED) is 0.764. The SMILES string of the molecule is CN1C(=O)[C@@]2(C[C@@]3(CCCOC3)Oc3ccc(-c4cc(F)cc(C#N)c4)cc32)N=C1N. The maximum absolute atomic E-state index is 14.0. The highest BCUT2D eigenvalue weighted by Gasteiger charge is 2.58. The molecule has 1 fully saturated rings. The van der Waals surface area contributed by atoms with Crippen LogP contribution in [0.3, 0.4) is 0 Å². The van der Waals surface area contributed by atoms with Gasteiger partial charge in [-0.3, -0.25) is 9.69 Å². The Bertz CT molecular complexity index is 1170. The van der Waals surface area contributed by atoms with Crippen molar-refractivity contribution in [1.29, 1.82) is 5.26 Å². The number of rotatable bonds is 1. The number of nitrogens with zero attached hydrogens (tertiary/aromatic N) is 3. The van der Waals surface area contributed by atoms with Crippen molar-refractivity contribution < 1.29 is 18.7 Å². The number of carbonyl (C=O) groups excluding carboxylic acids is 1. The van der Waals surface area contributed by atoms with Crippen LogP contribution in [-0.2, 0) is 15.1 Å². The second kappa shape index (κ2) is 6.79. The summed E-state index contributed by atoms with van der Waals surface area (Å²) in [5, 5.41) is 9.20. The monoisotopic (exact) mass is 420 g/mol. The Morgan fingerprint density at radius 2 is 2.10 bits per heavy atom. The van der Waals surface area contributed by atoms with E-state index in [1.165, 1.54) is 17.0 Å². The van der Waals surface area contributed by atoms with E-state index in [0.717, 1.165) is 12.8 Å². The van der Waals surface area contributed by atoms with Gasteiger partial charge in [-0.2, -0.15) is 5.26 Å². The van der Waals surface area contributed by atoms with Crippen LogP contribution in [0, 0.1) is 17.1 Å². The van der Waals surface area contributed by atoms with Crippen LogP contribution < -0.4 is 10.5 Å². The van der Waals surface area contributed by atoms with Gasteiger partial charge < -0.3 is 15.2 Å². The van der Waals surface area contributed by atoms with Crippen molar-refractivity contribution in [3.63, 3.8) is 0 Å². The molecule has 31 heavy (non-hydrogen) atoms. The summed E-state index contributed by atoms with van der Waals surface area (Å²) in [6.45, 7) is 1.03. The average molecular weight is 420 g/mol. The van der Waals surface area contributed by atoms with Gasteiger partial charge in [0.2, 0.25) is 0 Å². The van der Waals surface area contributed by atoms with Crippen LogP contribution in [0.1, 0.15) is 30.4 Å². The highest BCUT2D eigenvalue weighted by molar-refractivity contribution is 6.07. The molecule has 3 aliphatic rings. The zero-order chi connectivity index (χ0) is 21.8. The number of ether oxygens (including phenoxy) is 2. The minimum Gasteiger partial charge on any atom is -0.484 e.